The maximum Gasteiger partial charge on any atom is 0.305 e. The van der Waals surface area contributed by atoms with E-state index >= 15 is 0 Å². The Bertz CT molecular complexity index is 545. The number of fused-ring (bicyclic) bond motifs is 1. The average Bonchev–Trinajstić information content (AvgIpc) is 2.72. The normalized spacial score (nSPS) is 13.8. The van der Waals surface area contributed by atoms with E-state index in [0.717, 1.165) is 6.07 Å². The predicted octanol–water partition coefficient (Wildman–Crippen LogP) is 1.18. The van der Waals surface area contributed by atoms with Gasteiger partial charge in [0, 0.05) is 18.2 Å². The average molecular weight is 267 g/mol. The Kier molecular flexibility index (Phi) is 3.48. The molecule has 0 atom stereocenters. The van der Waals surface area contributed by atoms with Crippen LogP contribution in [-0.2, 0) is 11.2 Å². The number of amides is 1. The highest BCUT2D eigenvalue weighted by Crippen LogP contribution is 2.34. The zero-order valence-corrected chi connectivity index (χ0v) is 10.7. The molecule has 0 unspecified atom stereocenters. The van der Waals surface area contributed by atoms with Crippen LogP contribution in [0.15, 0.2) is 12.1 Å². The molecular formula is C12H14FN3O3. The van der Waals surface area contributed by atoms with Crippen LogP contribution >= 0.6 is 0 Å². The summed E-state index contributed by atoms with van der Waals surface area (Å²) in [5, 5.41) is 10.7. The highest BCUT2D eigenvalue weighted by Gasteiger charge is 2.31. The van der Waals surface area contributed by atoms with Gasteiger partial charge in [0.15, 0.2) is 0 Å². The molecule has 1 amide bonds. The Balaban J connectivity index is 2.34. The molecule has 1 heterocycles. The summed E-state index contributed by atoms with van der Waals surface area (Å²) in [5.41, 5.74) is 0.150. The van der Waals surface area contributed by atoms with Gasteiger partial charge in [-0.1, -0.05) is 0 Å². The van der Waals surface area contributed by atoms with Gasteiger partial charge in [-0.15, -0.1) is 0 Å². The standard InChI is InChI=1S/C12H14FN3O3/c1-14(2)7-11(17)15-6-5-8-9(15)3-4-10(12(8)13)16(18)19/h3-4H,5-7H2,1-2H3. The number of hydrogen-bond acceptors (Lipinski definition) is 4. The molecule has 1 aromatic rings. The van der Waals surface area contributed by atoms with Crippen molar-refractivity contribution in [1.29, 1.82) is 0 Å². The van der Waals surface area contributed by atoms with Gasteiger partial charge in [-0.2, -0.15) is 4.39 Å². The van der Waals surface area contributed by atoms with E-state index in [4.69, 9.17) is 0 Å². The van der Waals surface area contributed by atoms with E-state index in [1.165, 1.54) is 11.0 Å². The molecule has 0 bridgehead atoms. The SMILES string of the molecule is CN(C)CC(=O)N1CCc2c1ccc([N+](=O)[O-])c2F. The lowest BCUT2D eigenvalue weighted by Crippen LogP contribution is -2.36. The van der Waals surface area contributed by atoms with Gasteiger partial charge < -0.3 is 9.80 Å². The quantitative estimate of drug-likeness (QED) is 0.609. The van der Waals surface area contributed by atoms with Crippen molar-refractivity contribution >= 4 is 17.3 Å². The molecule has 102 valence electrons. The number of hydrogen-bond donors (Lipinski definition) is 0. The summed E-state index contributed by atoms with van der Waals surface area (Å²) >= 11 is 0. The number of nitro benzene ring substituents is 1. The molecule has 7 heteroatoms. The molecule has 0 aromatic heterocycles. The van der Waals surface area contributed by atoms with E-state index in [1.807, 2.05) is 0 Å². The summed E-state index contributed by atoms with van der Waals surface area (Å²) in [6.45, 7) is 0.581. The first-order valence-electron chi connectivity index (χ1n) is 5.82. The predicted molar refractivity (Wildman–Crippen MR) is 67.7 cm³/mol. The minimum absolute atomic E-state index is 0.142. The van der Waals surface area contributed by atoms with Crippen molar-refractivity contribution in [3.8, 4) is 0 Å². The van der Waals surface area contributed by atoms with Gasteiger partial charge in [0.25, 0.3) is 0 Å². The fourth-order valence-electron chi connectivity index (χ4n) is 2.19. The molecule has 0 aliphatic carbocycles. The third-order valence-corrected chi connectivity index (χ3v) is 3.02. The lowest BCUT2D eigenvalue weighted by Gasteiger charge is -2.19. The highest BCUT2D eigenvalue weighted by atomic mass is 19.1. The number of anilines is 1. The van der Waals surface area contributed by atoms with Crippen LogP contribution in [0.4, 0.5) is 15.8 Å². The number of rotatable bonds is 3. The van der Waals surface area contributed by atoms with Crippen LogP contribution in [0.2, 0.25) is 0 Å². The molecule has 0 N–H and O–H groups in total. The van der Waals surface area contributed by atoms with Crippen molar-refractivity contribution in [2.45, 2.75) is 6.42 Å². The second kappa shape index (κ2) is 4.93. The molecule has 19 heavy (non-hydrogen) atoms. The lowest BCUT2D eigenvalue weighted by molar-refractivity contribution is -0.387. The van der Waals surface area contributed by atoms with Gasteiger partial charge in [0.05, 0.1) is 17.2 Å². The first-order valence-corrected chi connectivity index (χ1v) is 5.82. The summed E-state index contributed by atoms with van der Waals surface area (Å²) in [4.78, 5) is 25.1. The van der Waals surface area contributed by atoms with Gasteiger partial charge in [0.2, 0.25) is 11.7 Å². The van der Waals surface area contributed by atoms with Crippen molar-refractivity contribution in [3.05, 3.63) is 33.6 Å². The maximum absolute atomic E-state index is 13.9. The van der Waals surface area contributed by atoms with Crippen LogP contribution in [0.5, 0.6) is 0 Å². The minimum atomic E-state index is -0.831. The summed E-state index contributed by atoms with van der Waals surface area (Å²) < 4.78 is 13.9. The van der Waals surface area contributed by atoms with Gasteiger partial charge in [0.1, 0.15) is 0 Å². The summed E-state index contributed by atoms with van der Waals surface area (Å²) in [7, 11) is 3.54. The Morgan fingerprint density at radius 2 is 2.21 bits per heavy atom. The number of likely N-dealkylation sites (N-methyl/N-ethyl adjacent to an activating group) is 1. The first kappa shape index (κ1) is 13.4. The molecule has 1 aliphatic heterocycles. The van der Waals surface area contributed by atoms with Crippen LogP contribution in [0.1, 0.15) is 5.56 Å². The molecule has 6 nitrogen and oxygen atoms in total. The number of nitrogens with zero attached hydrogens (tertiary/aromatic N) is 3. The van der Waals surface area contributed by atoms with E-state index in [0.29, 0.717) is 18.7 Å². The smallest absolute Gasteiger partial charge is 0.305 e. The number of carbonyl (C=O) groups is 1. The Morgan fingerprint density at radius 3 is 2.79 bits per heavy atom. The van der Waals surface area contributed by atoms with Crippen molar-refractivity contribution in [2.24, 2.45) is 0 Å². The largest absolute Gasteiger partial charge is 0.311 e. The number of nitro groups is 1. The molecule has 0 saturated heterocycles. The molecule has 0 fully saturated rings. The molecule has 1 aliphatic rings. The van der Waals surface area contributed by atoms with E-state index in [-0.39, 0.29) is 18.0 Å². The number of benzene rings is 1. The number of carbonyl (C=O) groups excluding carboxylic acids is 1. The molecule has 1 aromatic carbocycles. The topological polar surface area (TPSA) is 66.7 Å². The summed E-state index contributed by atoms with van der Waals surface area (Å²) in [5.74, 6) is -0.973. The van der Waals surface area contributed by atoms with Gasteiger partial charge >= 0.3 is 5.69 Å². The first-order chi connectivity index (χ1) is 8.91. The second-order valence-electron chi connectivity index (χ2n) is 4.69. The Hall–Kier alpha value is -2.02. The van der Waals surface area contributed by atoms with Crippen LogP contribution in [-0.4, -0.2) is 42.9 Å². The van der Waals surface area contributed by atoms with Crippen molar-refractivity contribution in [3.63, 3.8) is 0 Å². The number of halogens is 1. The second-order valence-corrected chi connectivity index (χ2v) is 4.69. The molecule has 0 spiro atoms. The third-order valence-electron chi connectivity index (χ3n) is 3.02. The summed E-state index contributed by atoms with van der Waals surface area (Å²) in [6.07, 6.45) is 0.308. The maximum atomic E-state index is 13.9. The van der Waals surface area contributed by atoms with Gasteiger partial charge in [-0.05, 0) is 26.6 Å². The van der Waals surface area contributed by atoms with Crippen molar-refractivity contribution in [2.75, 3.05) is 32.1 Å². The third kappa shape index (κ3) is 2.41. The molecule has 2 rings (SSSR count). The van der Waals surface area contributed by atoms with Crippen LogP contribution in [0.25, 0.3) is 0 Å². The monoisotopic (exact) mass is 267 g/mol. The molecule has 0 radical (unpaired) electrons. The van der Waals surface area contributed by atoms with E-state index in [1.54, 1.807) is 19.0 Å². The van der Waals surface area contributed by atoms with Crippen molar-refractivity contribution in [1.82, 2.24) is 4.90 Å². The summed E-state index contributed by atoms with van der Waals surface area (Å²) in [6, 6.07) is 2.55. The van der Waals surface area contributed by atoms with E-state index in [2.05, 4.69) is 0 Å². The molecular weight excluding hydrogens is 253 g/mol. The zero-order chi connectivity index (χ0) is 14.2. The Morgan fingerprint density at radius 1 is 1.53 bits per heavy atom. The fourth-order valence-corrected chi connectivity index (χ4v) is 2.19. The van der Waals surface area contributed by atoms with Gasteiger partial charge in [-0.25, -0.2) is 0 Å². The minimum Gasteiger partial charge on any atom is -0.311 e. The molecule has 0 saturated carbocycles. The van der Waals surface area contributed by atoms with E-state index < -0.39 is 16.4 Å². The van der Waals surface area contributed by atoms with E-state index in [9.17, 15) is 19.3 Å². The Labute approximate surface area is 109 Å². The zero-order valence-electron chi connectivity index (χ0n) is 10.7. The van der Waals surface area contributed by atoms with Crippen molar-refractivity contribution < 1.29 is 14.1 Å². The van der Waals surface area contributed by atoms with Gasteiger partial charge in [-0.3, -0.25) is 14.9 Å². The lowest BCUT2D eigenvalue weighted by atomic mass is 10.1. The van der Waals surface area contributed by atoms with Crippen LogP contribution in [0.3, 0.4) is 0 Å². The van der Waals surface area contributed by atoms with Crippen LogP contribution in [0, 0.1) is 15.9 Å². The van der Waals surface area contributed by atoms with Crippen LogP contribution < -0.4 is 4.90 Å². The highest BCUT2D eigenvalue weighted by molar-refractivity contribution is 5.97. The fraction of sp³-hybridized carbons (Fsp3) is 0.417.